The van der Waals surface area contributed by atoms with Crippen molar-refractivity contribution in [3.8, 4) is 5.75 Å². The van der Waals surface area contributed by atoms with E-state index in [0.717, 1.165) is 16.9 Å². The minimum Gasteiger partial charge on any atom is -0.489 e. The summed E-state index contributed by atoms with van der Waals surface area (Å²) in [6, 6.07) is 10.2. The van der Waals surface area contributed by atoms with Crippen LogP contribution in [0.25, 0.3) is 0 Å². The number of hydrogen-bond acceptors (Lipinski definition) is 3. The van der Waals surface area contributed by atoms with Gasteiger partial charge in [0.15, 0.2) is 5.84 Å². The normalized spacial score (nSPS) is 11.5. The van der Waals surface area contributed by atoms with Crippen molar-refractivity contribution >= 4 is 5.84 Å². The summed E-state index contributed by atoms with van der Waals surface area (Å²) in [5.41, 5.74) is 8.30. The van der Waals surface area contributed by atoms with Gasteiger partial charge in [-0.2, -0.15) is 0 Å². The number of hydrogen-bond donors (Lipinski definition) is 2. The quantitative estimate of drug-likeness (QED) is 0.393. The first kappa shape index (κ1) is 14.8. The van der Waals surface area contributed by atoms with Crippen molar-refractivity contribution in [1.29, 1.82) is 0 Å². The van der Waals surface area contributed by atoms with Gasteiger partial charge in [-0.15, -0.1) is 0 Å². The lowest BCUT2D eigenvalue weighted by atomic mass is 10.1. The van der Waals surface area contributed by atoms with E-state index < -0.39 is 5.82 Å². The van der Waals surface area contributed by atoms with Crippen LogP contribution in [0.3, 0.4) is 0 Å². The lowest BCUT2D eigenvalue weighted by Crippen LogP contribution is -2.13. The molecule has 2 aromatic carbocycles. The van der Waals surface area contributed by atoms with Crippen LogP contribution in [0.5, 0.6) is 5.75 Å². The van der Waals surface area contributed by atoms with E-state index in [1.807, 2.05) is 32.0 Å². The molecule has 0 spiro atoms. The van der Waals surface area contributed by atoms with E-state index in [0.29, 0.717) is 11.1 Å². The van der Waals surface area contributed by atoms with Gasteiger partial charge in [-0.3, -0.25) is 0 Å². The average Bonchev–Trinajstić information content (AvgIpc) is 2.46. The summed E-state index contributed by atoms with van der Waals surface area (Å²) in [5.74, 6) is 0.139. The van der Waals surface area contributed by atoms with Crippen molar-refractivity contribution in [2.45, 2.75) is 20.5 Å². The van der Waals surface area contributed by atoms with Crippen LogP contribution in [-0.4, -0.2) is 11.0 Å². The highest BCUT2D eigenvalue weighted by molar-refractivity contribution is 5.97. The van der Waals surface area contributed by atoms with Gasteiger partial charge in [0.2, 0.25) is 0 Å². The van der Waals surface area contributed by atoms with Gasteiger partial charge < -0.3 is 15.7 Å². The molecule has 0 aliphatic rings. The highest BCUT2D eigenvalue weighted by atomic mass is 19.1. The van der Waals surface area contributed by atoms with Gasteiger partial charge in [-0.05, 0) is 31.5 Å². The van der Waals surface area contributed by atoms with E-state index in [2.05, 4.69) is 5.16 Å². The Kier molecular flexibility index (Phi) is 4.42. The molecule has 5 heteroatoms. The Balaban J connectivity index is 2.13. The van der Waals surface area contributed by atoms with Crippen molar-refractivity contribution in [1.82, 2.24) is 0 Å². The minimum absolute atomic E-state index is 0.117. The second kappa shape index (κ2) is 6.26. The molecule has 2 aromatic rings. The lowest BCUT2D eigenvalue weighted by Gasteiger charge is -2.11. The van der Waals surface area contributed by atoms with E-state index in [1.54, 1.807) is 12.1 Å². The number of aryl methyl sites for hydroxylation is 2. The third-order valence-corrected chi connectivity index (χ3v) is 3.17. The molecular formula is C16H17FN2O2. The molecule has 0 aliphatic carbocycles. The number of nitrogens with zero attached hydrogens (tertiary/aromatic N) is 1. The number of amidine groups is 1. The molecule has 4 nitrogen and oxygen atoms in total. The zero-order chi connectivity index (χ0) is 15.4. The maximum absolute atomic E-state index is 13.9. The van der Waals surface area contributed by atoms with Crippen LogP contribution in [0.15, 0.2) is 41.6 Å². The monoisotopic (exact) mass is 288 g/mol. The Morgan fingerprint density at radius 3 is 2.62 bits per heavy atom. The van der Waals surface area contributed by atoms with Crippen LogP contribution in [0.2, 0.25) is 0 Å². The molecule has 21 heavy (non-hydrogen) atoms. The SMILES string of the molecule is Cc1ccc(OCc2ccc(/C(N)=N/O)cc2F)c(C)c1. The third-order valence-electron chi connectivity index (χ3n) is 3.17. The molecule has 0 saturated heterocycles. The molecule has 0 aliphatic heterocycles. The molecule has 0 atom stereocenters. The summed E-state index contributed by atoms with van der Waals surface area (Å²) in [7, 11) is 0. The molecule has 0 saturated carbocycles. The van der Waals surface area contributed by atoms with E-state index in [4.69, 9.17) is 15.7 Å². The van der Waals surface area contributed by atoms with Gasteiger partial charge in [-0.1, -0.05) is 35.0 Å². The van der Waals surface area contributed by atoms with Gasteiger partial charge in [0, 0.05) is 11.1 Å². The molecule has 3 N–H and O–H groups in total. The molecule has 110 valence electrons. The summed E-state index contributed by atoms with van der Waals surface area (Å²) in [4.78, 5) is 0. The highest BCUT2D eigenvalue weighted by Crippen LogP contribution is 2.21. The Morgan fingerprint density at radius 2 is 2.00 bits per heavy atom. The molecule has 0 heterocycles. The molecule has 0 radical (unpaired) electrons. The summed E-state index contributed by atoms with van der Waals surface area (Å²) in [6.45, 7) is 4.06. The fraction of sp³-hybridized carbons (Fsp3) is 0.188. The smallest absolute Gasteiger partial charge is 0.170 e. The summed E-state index contributed by atoms with van der Waals surface area (Å²) in [6.07, 6.45) is 0. The number of benzene rings is 2. The van der Waals surface area contributed by atoms with Gasteiger partial charge >= 0.3 is 0 Å². The first-order valence-corrected chi connectivity index (χ1v) is 6.47. The van der Waals surface area contributed by atoms with Crippen molar-refractivity contribution in [3.63, 3.8) is 0 Å². The Morgan fingerprint density at radius 1 is 1.24 bits per heavy atom. The second-order valence-corrected chi connectivity index (χ2v) is 4.85. The summed E-state index contributed by atoms with van der Waals surface area (Å²) in [5, 5.41) is 11.4. The van der Waals surface area contributed by atoms with Gasteiger partial charge in [-0.25, -0.2) is 4.39 Å². The first-order chi connectivity index (χ1) is 10.0. The van der Waals surface area contributed by atoms with Crippen LogP contribution in [-0.2, 0) is 6.61 Å². The van der Waals surface area contributed by atoms with Crippen molar-refractivity contribution in [2.75, 3.05) is 0 Å². The summed E-state index contributed by atoms with van der Waals surface area (Å²) < 4.78 is 19.6. The fourth-order valence-corrected chi connectivity index (χ4v) is 2.00. The molecule has 2 rings (SSSR count). The molecule has 0 bridgehead atoms. The number of oxime groups is 1. The second-order valence-electron chi connectivity index (χ2n) is 4.85. The molecule has 0 amide bonds. The van der Waals surface area contributed by atoms with Gasteiger partial charge in [0.1, 0.15) is 18.2 Å². The third kappa shape index (κ3) is 3.51. The molecule has 0 unspecified atom stereocenters. The first-order valence-electron chi connectivity index (χ1n) is 6.47. The predicted octanol–water partition coefficient (Wildman–Crippen LogP) is 3.12. The predicted molar refractivity (Wildman–Crippen MR) is 79.2 cm³/mol. The van der Waals surface area contributed by atoms with E-state index in [1.165, 1.54) is 6.07 Å². The Hall–Kier alpha value is -2.56. The van der Waals surface area contributed by atoms with Crippen LogP contribution in [0.4, 0.5) is 4.39 Å². The number of rotatable bonds is 4. The summed E-state index contributed by atoms with van der Waals surface area (Å²) >= 11 is 0. The topological polar surface area (TPSA) is 67.8 Å². The number of nitrogens with two attached hydrogens (primary N) is 1. The van der Waals surface area contributed by atoms with E-state index in [-0.39, 0.29) is 12.4 Å². The van der Waals surface area contributed by atoms with Crippen LogP contribution < -0.4 is 10.5 Å². The van der Waals surface area contributed by atoms with Crippen molar-refractivity contribution < 1.29 is 14.3 Å². The molecule has 0 fully saturated rings. The zero-order valence-corrected chi connectivity index (χ0v) is 11.9. The van der Waals surface area contributed by atoms with E-state index >= 15 is 0 Å². The molecular weight excluding hydrogens is 271 g/mol. The largest absolute Gasteiger partial charge is 0.489 e. The van der Waals surface area contributed by atoms with Crippen molar-refractivity contribution in [3.05, 3.63) is 64.5 Å². The maximum atomic E-state index is 13.9. The average molecular weight is 288 g/mol. The zero-order valence-electron chi connectivity index (χ0n) is 11.9. The number of halogens is 1. The van der Waals surface area contributed by atoms with Crippen LogP contribution in [0, 0.1) is 19.7 Å². The van der Waals surface area contributed by atoms with Crippen LogP contribution >= 0.6 is 0 Å². The lowest BCUT2D eigenvalue weighted by molar-refractivity contribution is 0.297. The van der Waals surface area contributed by atoms with E-state index in [9.17, 15) is 4.39 Å². The Bertz CT molecular complexity index is 684. The van der Waals surface area contributed by atoms with Crippen LogP contribution in [0.1, 0.15) is 22.3 Å². The highest BCUT2D eigenvalue weighted by Gasteiger charge is 2.08. The van der Waals surface area contributed by atoms with Gasteiger partial charge in [0.25, 0.3) is 0 Å². The molecule has 0 aromatic heterocycles. The van der Waals surface area contributed by atoms with Crippen molar-refractivity contribution in [2.24, 2.45) is 10.9 Å². The minimum atomic E-state index is -0.455. The van der Waals surface area contributed by atoms with Gasteiger partial charge in [0.05, 0.1) is 0 Å². The standard InChI is InChI=1S/C16H17FN2O2/c1-10-3-6-15(11(2)7-10)21-9-13-5-4-12(8-14(13)17)16(18)19-20/h3-8,20H,9H2,1-2H3,(H2,18,19). The number of ether oxygens (including phenoxy) is 1. The fourth-order valence-electron chi connectivity index (χ4n) is 2.00. The maximum Gasteiger partial charge on any atom is 0.170 e. The Labute approximate surface area is 122 Å².